The molecule has 2 aromatic rings. The van der Waals surface area contributed by atoms with Gasteiger partial charge in [0, 0.05) is 10.9 Å². The minimum Gasteiger partial charge on any atom is -0.308 e. The van der Waals surface area contributed by atoms with E-state index in [9.17, 15) is 4.39 Å². The third kappa shape index (κ3) is 3.64. The number of hydrogen-bond acceptors (Lipinski definition) is 3. The highest BCUT2D eigenvalue weighted by atomic mass is 32.1. The van der Waals surface area contributed by atoms with Gasteiger partial charge in [-0.05, 0) is 63.9 Å². The van der Waals surface area contributed by atoms with Crippen LogP contribution >= 0.6 is 11.3 Å². The summed E-state index contributed by atoms with van der Waals surface area (Å²) in [6, 6.07) is 5.24. The molecule has 1 aromatic carbocycles. The van der Waals surface area contributed by atoms with Gasteiger partial charge in [-0.2, -0.15) is 0 Å². The Morgan fingerprint density at radius 3 is 2.65 bits per heavy atom. The van der Waals surface area contributed by atoms with Crippen LogP contribution in [-0.2, 0) is 6.42 Å². The lowest BCUT2D eigenvalue weighted by Gasteiger charge is -2.13. The van der Waals surface area contributed by atoms with Crippen LogP contribution in [0.1, 0.15) is 39.7 Å². The minimum atomic E-state index is -0.166. The molecular weight excluding hydrogens is 271 g/mol. The summed E-state index contributed by atoms with van der Waals surface area (Å²) in [6.45, 7) is 9.11. The van der Waals surface area contributed by atoms with Crippen molar-refractivity contribution in [2.75, 3.05) is 6.54 Å². The Morgan fingerprint density at radius 1 is 1.30 bits per heavy atom. The molecule has 20 heavy (non-hydrogen) atoms. The molecule has 1 atom stereocenters. The van der Waals surface area contributed by atoms with E-state index in [4.69, 9.17) is 0 Å². The average Bonchev–Trinajstić information content (AvgIpc) is 2.71. The van der Waals surface area contributed by atoms with Crippen molar-refractivity contribution in [2.45, 2.75) is 40.2 Å². The number of aromatic nitrogens is 1. The highest BCUT2D eigenvalue weighted by Gasteiger charge is 2.12. The number of aryl methyl sites for hydroxylation is 3. The number of rotatable bonds is 5. The fraction of sp³-hybridized carbons (Fsp3) is 0.438. The summed E-state index contributed by atoms with van der Waals surface area (Å²) in [7, 11) is 0. The fourth-order valence-corrected chi connectivity index (χ4v) is 3.32. The standard InChI is InChI=1S/C16H21FN2S/c1-10-9-15(17)6-5-14(10)7-8-18-11(2)16-12(3)20-13(4)19-16/h5-6,9,11,18H,7-8H2,1-4H3. The number of hydrogen-bond donors (Lipinski definition) is 1. The van der Waals surface area contributed by atoms with Crippen molar-refractivity contribution in [1.29, 1.82) is 0 Å². The van der Waals surface area contributed by atoms with Gasteiger partial charge in [0.05, 0.1) is 10.7 Å². The Kier molecular flexibility index (Phi) is 4.89. The van der Waals surface area contributed by atoms with Crippen molar-refractivity contribution in [2.24, 2.45) is 0 Å². The van der Waals surface area contributed by atoms with Crippen LogP contribution in [0.3, 0.4) is 0 Å². The zero-order valence-corrected chi connectivity index (χ0v) is 13.3. The second-order valence-corrected chi connectivity index (χ2v) is 6.58. The smallest absolute Gasteiger partial charge is 0.123 e. The normalized spacial score (nSPS) is 12.7. The van der Waals surface area contributed by atoms with Crippen LogP contribution in [0.25, 0.3) is 0 Å². The van der Waals surface area contributed by atoms with Crippen LogP contribution in [0.2, 0.25) is 0 Å². The number of benzene rings is 1. The van der Waals surface area contributed by atoms with Crippen molar-refractivity contribution < 1.29 is 4.39 Å². The minimum absolute atomic E-state index is 0.166. The Balaban J connectivity index is 1.91. The van der Waals surface area contributed by atoms with Crippen molar-refractivity contribution in [3.8, 4) is 0 Å². The van der Waals surface area contributed by atoms with Crippen LogP contribution in [-0.4, -0.2) is 11.5 Å². The monoisotopic (exact) mass is 292 g/mol. The summed E-state index contributed by atoms with van der Waals surface area (Å²) in [4.78, 5) is 5.85. The van der Waals surface area contributed by atoms with E-state index in [0.717, 1.165) is 29.2 Å². The summed E-state index contributed by atoms with van der Waals surface area (Å²) in [6.07, 6.45) is 0.901. The molecular formula is C16H21FN2S. The zero-order valence-electron chi connectivity index (χ0n) is 12.5. The van der Waals surface area contributed by atoms with Gasteiger partial charge < -0.3 is 5.32 Å². The van der Waals surface area contributed by atoms with Gasteiger partial charge in [0.1, 0.15) is 5.82 Å². The van der Waals surface area contributed by atoms with Crippen molar-refractivity contribution in [1.82, 2.24) is 10.3 Å². The maximum Gasteiger partial charge on any atom is 0.123 e. The lowest BCUT2D eigenvalue weighted by Crippen LogP contribution is -2.22. The topological polar surface area (TPSA) is 24.9 Å². The molecule has 0 saturated carbocycles. The predicted molar refractivity (Wildman–Crippen MR) is 82.8 cm³/mol. The zero-order chi connectivity index (χ0) is 14.7. The summed E-state index contributed by atoms with van der Waals surface area (Å²) in [5, 5.41) is 4.61. The lowest BCUT2D eigenvalue weighted by molar-refractivity contribution is 0.562. The Bertz CT molecular complexity index is 592. The van der Waals surface area contributed by atoms with E-state index in [2.05, 4.69) is 24.1 Å². The number of nitrogens with zero attached hydrogens (tertiary/aromatic N) is 1. The van der Waals surface area contributed by atoms with Gasteiger partial charge in [0.2, 0.25) is 0 Å². The molecule has 4 heteroatoms. The van der Waals surface area contributed by atoms with Crippen LogP contribution in [0, 0.1) is 26.6 Å². The molecule has 108 valence electrons. The van der Waals surface area contributed by atoms with Crippen LogP contribution in [0.5, 0.6) is 0 Å². The van der Waals surface area contributed by atoms with Crippen LogP contribution in [0.4, 0.5) is 4.39 Å². The van der Waals surface area contributed by atoms with Gasteiger partial charge in [0.25, 0.3) is 0 Å². The summed E-state index contributed by atoms with van der Waals surface area (Å²) in [5.41, 5.74) is 3.35. The molecule has 1 heterocycles. The van der Waals surface area contributed by atoms with E-state index in [1.54, 1.807) is 17.4 Å². The Morgan fingerprint density at radius 2 is 2.05 bits per heavy atom. The van der Waals surface area contributed by atoms with Gasteiger partial charge in [-0.25, -0.2) is 9.37 Å². The third-order valence-electron chi connectivity index (χ3n) is 3.50. The first-order valence-electron chi connectivity index (χ1n) is 6.89. The highest BCUT2D eigenvalue weighted by molar-refractivity contribution is 7.11. The maximum atomic E-state index is 13.0. The molecule has 0 aliphatic heterocycles. The fourth-order valence-electron chi connectivity index (χ4n) is 2.41. The van der Waals surface area contributed by atoms with Gasteiger partial charge >= 0.3 is 0 Å². The summed E-state index contributed by atoms with van der Waals surface area (Å²) in [5.74, 6) is -0.166. The predicted octanol–water partition coefficient (Wildman–Crippen LogP) is 4.10. The molecule has 0 radical (unpaired) electrons. The summed E-state index contributed by atoms with van der Waals surface area (Å²) < 4.78 is 13.0. The molecule has 2 nitrogen and oxygen atoms in total. The molecule has 0 amide bonds. The third-order valence-corrected chi connectivity index (χ3v) is 4.40. The second kappa shape index (κ2) is 6.46. The molecule has 1 aromatic heterocycles. The van der Waals surface area contributed by atoms with E-state index in [1.165, 1.54) is 16.5 Å². The van der Waals surface area contributed by atoms with E-state index in [0.29, 0.717) is 0 Å². The molecule has 0 saturated heterocycles. The van der Waals surface area contributed by atoms with Crippen LogP contribution in [0.15, 0.2) is 18.2 Å². The molecule has 0 fully saturated rings. The van der Waals surface area contributed by atoms with Crippen LogP contribution < -0.4 is 5.32 Å². The molecule has 2 rings (SSSR count). The quantitative estimate of drug-likeness (QED) is 0.897. The second-order valence-electron chi connectivity index (χ2n) is 5.17. The average molecular weight is 292 g/mol. The lowest BCUT2D eigenvalue weighted by atomic mass is 10.1. The molecule has 0 aliphatic carbocycles. The van der Waals surface area contributed by atoms with Gasteiger partial charge in [-0.3, -0.25) is 0 Å². The SMILES string of the molecule is Cc1nc(C(C)NCCc2ccc(F)cc2C)c(C)s1. The molecule has 0 aliphatic rings. The molecule has 0 bridgehead atoms. The number of nitrogens with one attached hydrogen (secondary N) is 1. The number of halogens is 1. The van der Waals surface area contributed by atoms with Crippen molar-refractivity contribution in [3.05, 3.63) is 50.7 Å². The Labute approximate surface area is 124 Å². The largest absolute Gasteiger partial charge is 0.308 e. The van der Waals surface area contributed by atoms with E-state index >= 15 is 0 Å². The first-order chi connectivity index (χ1) is 9.47. The van der Waals surface area contributed by atoms with E-state index in [-0.39, 0.29) is 11.9 Å². The van der Waals surface area contributed by atoms with Crippen molar-refractivity contribution >= 4 is 11.3 Å². The van der Waals surface area contributed by atoms with E-state index < -0.39 is 0 Å². The van der Waals surface area contributed by atoms with Gasteiger partial charge in [-0.1, -0.05) is 6.07 Å². The highest BCUT2D eigenvalue weighted by Crippen LogP contribution is 2.22. The van der Waals surface area contributed by atoms with Gasteiger partial charge in [-0.15, -0.1) is 11.3 Å². The molecule has 0 spiro atoms. The number of thiazole rings is 1. The maximum absolute atomic E-state index is 13.0. The first kappa shape index (κ1) is 15.1. The Hall–Kier alpha value is -1.26. The summed E-state index contributed by atoms with van der Waals surface area (Å²) >= 11 is 1.74. The van der Waals surface area contributed by atoms with Crippen molar-refractivity contribution in [3.63, 3.8) is 0 Å². The van der Waals surface area contributed by atoms with E-state index in [1.807, 2.05) is 19.9 Å². The van der Waals surface area contributed by atoms with Gasteiger partial charge in [0.15, 0.2) is 0 Å². The first-order valence-corrected chi connectivity index (χ1v) is 7.71. The molecule has 1 unspecified atom stereocenters. The molecule has 1 N–H and O–H groups in total.